The average molecular weight is 346 g/mol. The van der Waals surface area contributed by atoms with Crippen molar-refractivity contribution < 1.29 is 18.8 Å². The molecule has 0 spiro atoms. The lowest BCUT2D eigenvalue weighted by atomic mass is 10.2. The van der Waals surface area contributed by atoms with Gasteiger partial charge in [-0.05, 0) is 32.0 Å². The highest BCUT2D eigenvalue weighted by molar-refractivity contribution is 7.22. The Morgan fingerprint density at radius 1 is 1.38 bits per heavy atom. The molecule has 0 aliphatic carbocycles. The van der Waals surface area contributed by atoms with Crippen LogP contribution < -0.4 is 11.1 Å². The first kappa shape index (κ1) is 15.9. The van der Waals surface area contributed by atoms with Crippen LogP contribution in [0.4, 0.5) is 10.9 Å². The second kappa shape index (κ2) is 6.28. The summed E-state index contributed by atoms with van der Waals surface area (Å²) in [5.41, 5.74) is 6.67. The van der Waals surface area contributed by atoms with Gasteiger partial charge < -0.3 is 20.3 Å². The predicted octanol–water partition coefficient (Wildman–Crippen LogP) is 2.36. The fourth-order valence-electron chi connectivity index (χ4n) is 2.00. The van der Waals surface area contributed by atoms with Crippen LogP contribution in [0.2, 0.25) is 0 Å². The van der Waals surface area contributed by atoms with Gasteiger partial charge in [0.15, 0.2) is 17.1 Å². The number of amides is 1. The van der Waals surface area contributed by atoms with E-state index in [1.54, 1.807) is 31.2 Å². The van der Waals surface area contributed by atoms with Gasteiger partial charge in [0.05, 0.1) is 15.8 Å². The molecule has 8 nitrogen and oxygen atoms in total. The summed E-state index contributed by atoms with van der Waals surface area (Å²) in [5.74, 6) is -0.281. The third-order valence-electron chi connectivity index (χ3n) is 3.17. The van der Waals surface area contributed by atoms with E-state index >= 15 is 0 Å². The lowest BCUT2D eigenvalue weighted by molar-refractivity contribution is -0.123. The van der Waals surface area contributed by atoms with E-state index in [1.165, 1.54) is 18.3 Å². The lowest BCUT2D eigenvalue weighted by Crippen LogP contribution is -2.30. The van der Waals surface area contributed by atoms with Crippen LogP contribution in [0.1, 0.15) is 23.0 Å². The average Bonchev–Trinajstić information content (AvgIpc) is 3.10. The number of thiazole rings is 1. The first-order valence-corrected chi connectivity index (χ1v) is 7.85. The van der Waals surface area contributed by atoms with E-state index in [0.29, 0.717) is 22.0 Å². The van der Waals surface area contributed by atoms with Crippen LogP contribution in [-0.4, -0.2) is 28.1 Å². The van der Waals surface area contributed by atoms with E-state index in [4.69, 9.17) is 15.0 Å². The van der Waals surface area contributed by atoms with E-state index < -0.39 is 18.0 Å². The predicted molar refractivity (Wildman–Crippen MR) is 88.8 cm³/mol. The number of nitrogen functional groups attached to an aromatic ring is 1. The van der Waals surface area contributed by atoms with Gasteiger partial charge in [-0.25, -0.2) is 9.78 Å². The molecule has 0 saturated heterocycles. The Morgan fingerprint density at radius 2 is 2.17 bits per heavy atom. The monoisotopic (exact) mass is 346 g/mol. The van der Waals surface area contributed by atoms with Crippen LogP contribution in [0.3, 0.4) is 0 Å². The van der Waals surface area contributed by atoms with Crippen LogP contribution in [0.5, 0.6) is 0 Å². The summed E-state index contributed by atoms with van der Waals surface area (Å²) in [7, 11) is 0. The molecule has 9 heteroatoms. The number of nitrogens with two attached hydrogens (primary N) is 1. The highest BCUT2D eigenvalue weighted by Crippen LogP contribution is 2.25. The van der Waals surface area contributed by atoms with E-state index in [0.717, 1.165) is 4.70 Å². The number of nitrogens with one attached hydrogen (secondary N) is 1. The smallest absolute Gasteiger partial charge is 0.338 e. The number of hydrogen-bond acceptors (Lipinski definition) is 8. The number of carbonyl (C=O) groups excluding carboxylic acids is 2. The SMILES string of the molecule is Cc1cc(NC(=O)C(C)OC(=O)c2ccc3nc(N)sc3c2)no1. The van der Waals surface area contributed by atoms with Crippen molar-refractivity contribution in [2.45, 2.75) is 20.0 Å². The van der Waals surface area contributed by atoms with Crippen molar-refractivity contribution in [3.8, 4) is 0 Å². The van der Waals surface area contributed by atoms with Crippen molar-refractivity contribution in [1.29, 1.82) is 0 Å². The number of esters is 1. The molecule has 1 amide bonds. The topological polar surface area (TPSA) is 120 Å². The molecule has 3 N–H and O–H groups in total. The number of anilines is 2. The molecule has 0 aliphatic rings. The number of carbonyl (C=O) groups is 2. The highest BCUT2D eigenvalue weighted by atomic mass is 32.1. The maximum atomic E-state index is 12.2. The number of hydrogen-bond donors (Lipinski definition) is 2. The summed E-state index contributed by atoms with van der Waals surface area (Å²) in [6, 6.07) is 6.46. The number of ether oxygens (including phenoxy) is 1. The molecule has 3 rings (SSSR count). The van der Waals surface area contributed by atoms with Crippen LogP contribution in [0.15, 0.2) is 28.8 Å². The Hall–Kier alpha value is -2.94. The maximum absolute atomic E-state index is 12.2. The van der Waals surface area contributed by atoms with Crippen molar-refractivity contribution in [2.75, 3.05) is 11.1 Å². The summed E-state index contributed by atoms with van der Waals surface area (Å²) in [6.07, 6.45) is -0.989. The minimum Gasteiger partial charge on any atom is -0.449 e. The quantitative estimate of drug-likeness (QED) is 0.696. The van der Waals surface area contributed by atoms with Crippen LogP contribution in [0.25, 0.3) is 10.2 Å². The molecule has 0 aliphatic heterocycles. The van der Waals surface area contributed by atoms with E-state index in [9.17, 15) is 9.59 Å². The fourth-order valence-corrected chi connectivity index (χ4v) is 2.78. The number of fused-ring (bicyclic) bond motifs is 1. The van der Waals surface area contributed by atoms with Crippen molar-refractivity contribution in [2.24, 2.45) is 0 Å². The van der Waals surface area contributed by atoms with E-state index in [-0.39, 0.29) is 5.82 Å². The number of benzene rings is 1. The molecule has 2 aromatic heterocycles. The van der Waals surface area contributed by atoms with Gasteiger partial charge in [0.2, 0.25) is 0 Å². The normalized spacial score (nSPS) is 12.1. The minimum atomic E-state index is -0.989. The van der Waals surface area contributed by atoms with E-state index in [1.807, 2.05) is 0 Å². The zero-order valence-electron chi connectivity index (χ0n) is 12.9. The minimum absolute atomic E-state index is 0.266. The second-order valence-electron chi connectivity index (χ2n) is 5.09. The molecule has 3 aromatic rings. The van der Waals surface area contributed by atoms with Crippen LogP contribution in [-0.2, 0) is 9.53 Å². The van der Waals surface area contributed by atoms with Gasteiger partial charge in [-0.3, -0.25) is 4.79 Å². The van der Waals surface area contributed by atoms with Gasteiger partial charge in [0.1, 0.15) is 5.76 Å². The Morgan fingerprint density at radius 3 is 2.88 bits per heavy atom. The van der Waals surface area contributed by atoms with Crippen LogP contribution >= 0.6 is 11.3 Å². The standard InChI is InChI=1S/C15H14N4O4S/c1-7-5-12(19-23-7)18-13(20)8(2)22-14(21)9-3-4-10-11(6-9)24-15(16)17-10/h3-6,8H,1-2H3,(H2,16,17)(H,18,19,20). The molecule has 0 fully saturated rings. The van der Waals surface area contributed by atoms with E-state index in [2.05, 4.69) is 15.5 Å². The lowest BCUT2D eigenvalue weighted by Gasteiger charge is -2.12. The summed E-state index contributed by atoms with van der Waals surface area (Å²) in [4.78, 5) is 28.3. The molecule has 2 heterocycles. The second-order valence-corrected chi connectivity index (χ2v) is 6.16. The summed E-state index contributed by atoms with van der Waals surface area (Å²) >= 11 is 1.27. The summed E-state index contributed by atoms with van der Waals surface area (Å²) in [6.45, 7) is 3.18. The highest BCUT2D eigenvalue weighted by Gasteiger charge is 2.20. The summed E-state index contributed by atoms with van der Waals surface area (Å²) < 4.78 is 10.8. The zero-order valence-corrected chi connectivity index (χ0v) is 13.7. The molecule has 0 bridgehead atoms. The number of aryl methyl sites for hydroxylation is 1. The molecule has 0 saturated carbocycles. The molecule has 1 unspecified atom stereocenters. The van der Waals surface area contributed by atoms with Gasteiger partial charge in [-0.2, -0.15) is 0 Å². The fraction of sp³-hybridized carbons (Fsp3) is 0.200. The summed E-state index contributed by atoms with van der Waals surface area (Å²) in [5, 5.41) is 6.58. The van der Waals surface area contributed by atoms with Crippen molar-refractivity contribution in [3.63, 3.8) is 0 Å². The first-order valence-electron chi connectivity index (χ1n) is 7.03. The molecule has 1 aromatic carbocycles. The van der Waals surface area contributed by atoms with Crippen LogP contribution in [0, 0.1) is 6.92 Å². The van der Waals surface area contributed by atoms with Crippen molar-refractivity contribution in [1.82, 2.24) is 10.1 Å². The van der Waals surface area contributed by atoms with Gasteiger partial charge in [-0.1, -0.05) is 16.5 Å². The Kier molecular flexibility index (Phi) is 4.17. The maximum Gasteiger partial charge on any atom is 0.338 e. The Labute approximate surface area is 140 Å². The van der Waals surface area contributed by atoms with Crippen molar-refractivity contribution in [3.05, 3.63) is 35.6 Å². The van der Waals surface area contributed by atoms with Gasteiger partial charge in [-0.15, -0.1) is 0 Å². The Bertz CT molecular complexity index is 917. The largest absolute Gasteiger partial charge is 0.449 e. The molecule has 0 radical (unpaired) electrons. The first-order chi connectivity index (χ1) is 11.4. The van der Waals surface area contributed by atoms with Gasteiger partial charge in [0, 0.05) is 6.07 Å². The third kappa shape index (κ3) is 3.35. The van der Waals surface area contributed by atoms with Gasteiger partial charge in [0.25, 0.3) is 5.91 Å². The zero-order chi connectivity index (χ0) is 17.3. The number of aromatic nitrogens is 2. The molecular formula is C15H14N4O4S. The molecular weight excluding hydrogens is 332 g/mol. The Balaban J connectivity index is 1.66. The number of rotatable bonds is 4. The third-order valence-corrected chi connectivity index (χ3v) is 4.02. The van der Waals surface area contributed by atoms with Gasteiger partial charge >= 0.3 is 5.97 Å². The molecule has 1 atom stereocenters. The molecule has 24 heavy (non-hydrogen) atoms. The molecule has 124 valence electrons. The number of nitrogens with zero attached hydrogens (tertiary/aromatic N) is 2. The van der Waals surface area contributed by atoms with Crippen molar-refractivity contribution >= 4 is 44.4 Å².